The Labute approximate surface area is 101 Å². The summed E-state index contributed by atoms with van der Waals surface area (Å²) in [6.45, 7) is 4.92. The van der Waals surface area contributed by atoms with Crippen LogP contribution in [0.4, 0.5) is 4.79 Å². The number of rotatable bonds is 3. The Kier molecular flexibility index (Phi) is 3.13. The summed E-state index contributed by atoms with van der Waals surface area (Å²) in [6, 6.07) is 7.84. The lowest BCUT2D eigenvalue weighted by Crippen LogP contribution is -2.27. The van der Waals surface area contributed by atoms with Crippen LogP contribution in [-0.4, -0.2) is 23.4 Å². The number of carbonyl (C=O) groups excluding carboxylic acids is 2. The van der Waals surface area contributed by atoms with Gasteiger partial charge in [0.2, 0.25) is 5.91 Å². The number of carbonyl (C=O) groups is 2. The maximum Gasteiger partial charge on any atom is 0.324 e. The molecule has 0 saturated carbocycles. The fourth-order valence-corrected chi connectivity index (χ4v) is 1.84. The molecule has 17 heavy (non-hydrogen) atoms. The average molecular weight is 232 g/mol. The molecule has 0 atom stereocenters. The fourth-order valence-electron chi connectivity index (χ4n) is 1.84. The summed E-state index contributed by atoms with van der Waals surface area (Å²) in [5.41, 5.74) is 2.31. The molecule has 4 nitrogen and oxygen atoms in total. The molecule has 1 saturated heterocycles. The van der Waals surface area contributed by atoms with Crippen LogP contribution in [0.25, 0.3) is 0 Å². The second kappa shape index (κ2) is 4.57. The summed E-state index contributed by atoms with van der Waals surface area (Å²) in [6.07, 6.45) is 0. The van der Waals surface area contributed by atoms with Crippen molar-refractivity contribution in [2.24, 2.45) is 0 Å². The zero-order valence-electron chi connectivity index (χ0n) is 10.1. The second-order valence-electron chi connectivity index (χ2n) is 4.61. The lowest BCUT2D eigenvalue weighted by Gasteiger charge is -2.13. The van der Waals surface area contributed by atoms with Crippen molar-refractivity contribution in [3.05, 3.63) is 35.4 Å². The smallest absolute Gasteiger partial charge is 0.311 e. The van der Waals surface area contributed by atoms with Crippen molar-refractivity contribution in [1.82, 2.24) is 10.2 Å². The van der Waals surface area contributed by atoms with Crippen LogP contribution in [0.3, 0.4) is 0 Å². The van der Waals surface area contributed by atoms with Crippen molar-refractivity contribution in [2.45, 2.75) is 26.3 Å². The molecule has 0 bridgehead atoms. The molecule has 4 heteroatoms. The number of amides is 3. The van der Waals surface area contributed by atoms with Gasteiger partial charge in [-0.3, -0.25) is 10.1 Å². The molecule has 1 aromatic rings. The highest BCUT2D eigenvalue weighted by Gasteiger charge is 2.26. The van der Waals surface area contributed by atoms with Crippen molar-refractivity contribution in [2.75, 3.05) is 6.54 Å². The van der Waals surface area contributed by atoms with E-state index in [1.165, 1.54) is 10.5 Å². The zero-order chi connectivity index (χ0) is 12.4. The van der Waals surface area contributed by atoms with Crippen LogP contribution in [0.2, 0.25) is 0 Å². The minimum atomic E-state index is -0.303. The third-order valence-electron chi connectivity index (χ3n) is 2.89. The van der Waals surface area contributed by atoms with Crippen molar-refractivity contribution < 1.29 is 9.59 Å². The van der Waals surface area contributed by atoms with E-state index in [-0.39, 0.29) is 18.5 Å². The van der Waals surface area contributed by atoms with E-state index >= 15 is 0 Å². The SMILES string of the molecule is CC(C)c1ccc(CN2CC(=O)NC2=O)cc1. The molecule has 0 unspecified atom stereocenters. The van der Waals surface area contributed by atoms with Crippen LogP contribution in [0.15, 0.2) is 24.3 Å². The summed E-state index contributed by atoms with van der Waals surface area (Å²) in [5, 5.41) is 2.26. The largest absolute Gasteiger partial charge is 0.324 e. The molecule has 0 radical (unpaired) electrons. The molecule has 1 heterocycles. The monoisotopic (exact) mass is 232 g/mol. The summed E-state index contributed by atoms with van der Waals surface area (Å²) >= 11 is 0. The maximum atomic E-state index is 11.4. The highest BCUT2D eigenvalue weighted by Crippen LogP contribution is 2.16. The minimum Gasteiger partial charge on any atom is -0.311 e. The van der Waals surface area contributed by atoms with Crippen molar-refractivity contribution >= 4 is 11.9 Å². The number of imide groups is 1. The van der Waals surface area contributed by atoms with Crippen molar-refractivity contribution in [3.63, 3.8) is 0 Å². The third-order valence-corrected chi connectivity index (χ3v) is 2.89. The summed E-state index contributed by atoms with van der Waals surface area (Å²) in [5.74, 6) is 0.273. The van der Waals surface area contributed by atoms with E-state index in [4.69, 9.17) is 0 Å². The number of benzene rings is 1. The maximum absolute atomic E-state index is 11.4. The molecular weight excluding hydrogens is 216 g/mol. The number of nitrogens with one attached hydrogen (secondary N) is 1. The van der Waals surface area contributed by atoms with E-state index in [1.807, 2.05) is 12.1 Å². The van der Waals surface area contributed by atoms with Crippen LogP contribution in [-0.2, 0) is 11.3 Å². The minimum absolute atomic E-state index is 0.158. The van der Waals surface area contributed by atoms with E-state index in [9.17, 15) is 9.59 Å². The number of urea groups is 1. The van der Waals surface area contributed by atoms with Gasteiger partial charge in [0, 0.05) is 6.54 Å². The Balaban J connectivity index is 2.04. The Morgan fingerprint density at radius 2 is 1.88 bits per heavy atom. The molecule has 1 N–H and O–H groups in total. The molecule has 3 amide bonds. The highest BCUT2D eigenvalue weighted by molar-refractivity contribution is 6.01. The van der Waals surface area contributed by atoms with Gasteiger partial charge in [-0.25, -0.2) is 4.79 Å². The molecule has 0 aliphatic carbocycles. The Morgan fingerprint density at radius 1 is 1.24 bits per heavy atom. The van der Waals surface area contributed by atoms with Crippen LogP contribution < -0.4 is 5.32 Å². The van der Waals surface area contributed by atoms with E-state index < -0.39 is 0 Å². The van der Waals surface area contributed by atoms with Crippen LogP contribution >= 0.6 is 0 Å². The van der Waals surface area contributed by atoms with Crippen LogP contribution in [0.1, 0.15) is 30.9 Å². The molecule has 1 aliphatic rings. The van der Waals surface area contributed by atoms with Gasteiger partial charge in [-0.05, 0) is 17.0 Å². The van der Waals surface area contributed by atoms with Gasteiger partial charge in [0.25, 0.3) is 0 Å². The van der Waals surface area contributed by atoms with Crippen LogP contribution in [0.5, 0.6) is 0 Å². The summed E-state index contributed by atoms with van der Waals surface area (Å²) in [4.78, 5) is 23.9. The Bertz CT molecular complexity index is 437. The molecular formula is C13H16N2O2. The second-order valence-corrected chi connectivity index (χ2v) is 4.61. The van der Waals surface area contributed by atoms with E-state index in [2.05, 4.69) is 31.3 Å². The number of nitrogens with zero attached hydrogens (tertiary/aromatic N) is 1. The first-order valence-electron chi connectivity index (χ1n) is 5.74. The fraction of sp³-hybridized carbons (Fsp3) is 0.385. The molecule has 1 fully saturated rings. The van der Waals surface area contributed by atoms with Gasteiger partial charge in [-0.1, -0.05) is 38.1 Å². The average Bonchev–Trinajstić information content (AvgIpc) is 2.58. The zero-order valence-corrected chi connectivity index (χ0v) is 10.1. The number of hydrogen-bond donors (Lipinski definition) is 1. The van der Waals surface area contributed by atoms with Crippen molar-refractivity contribution in [1.29, 1.82) is 0 Å². The molecule has 0 spiro atoms. The molecule has 1 aromatic carbocycles. The van der Waals surface area contributed by atoms with Gasteiger partial charge >= 0.3 is 6.03 Å². The van der Waals surface area contributed by atoms with Gasteiger partial charge in [0.15, 0.2) is 0 Å². The lowest BCUT2D eigenvalue weighted by molar-refractivity contribution is -0.118. The predicted octanol–water partition coefficient (Wildman–Crippen LogP) is 1.86. The summed E-state index contributed by atoms with van der Waals surface area (Å²) in [7, 11) is 0. The number of hydrogen-bond acceptors (Lipinski definition) is 2. The van der Waals surface area contributed by atoms with Crippen molar-refractivity contribution in [3.8, 4) is 0 Å². The van der Waals surface area contributed by atoms with Gasteiger partial charge in [-0.15, -0.1) is 0 Å². The quantitative estimate of drug-likeness (QED) is 0.809. The van der Waals surface area contributed by atoms with Gasteiger partial charge < -0.3 is 4.90 Å². The third kappa shape index (κ3) is 2.64. The Hall–Kier alpha value is -1.84. The molecule has 1 aliphatic heterocycles. The van der Waals surface area contributed by atoms with Gasteiger partial charge in [0.05, 0.1) is 0 Å². The first kappa shape index (κ1) is 11.6. The first-order chi connectivity index (χ1) is 8.06. The first-order valence-corrected chi connectivity index (χ1v) is 5.74. The molecule has 90 valence electrons. The van der Waals surface area contributed by atoms with E-state index in [1.54, 1.807) is 0 Å². The normalized spacial score (nSPS) is 15.6. The highest BCUT2D eigenvalue weighted by atomic mass is 16.2. The van der Waals surface area contributed by atoms with E-state index in [0.29, 0.717) is 12.5 Å². The Morgan fingerprint density at radius 3 is 2.35 bits per heavy atom. The standard InChI is InChI=1S/C13H16N2O2/c1-9(2)11-5-3-10(4-6-11)7-15-8-12(16)14-13(15)17/h3-6,9H,7-8H2,1-2H3,(H,14,16,17). The summed E-state index contributed by atoms with van der Waals surface area (Å²) < 4.78 is 0. The predicted molar refractivity (Wildman–Crippen MR) is 64.5 cm³/mol. The molecule has 2 rings (SSSR count). The topological polar surface area (TPSA) is 49.4 Å². The molecule has 0 aromatic heterocycles. The lowest BCUT2D eigenvalue weighted by atomic mass is 10.0. The van der Waals surface area contributed by atoms with Gasteiger partial charge in [0.1, 0.15) is 6.54 Å². The van der Waals surface area contributed by atoms with Crippen LogP contribution in [0, 0.1) is 0 Å². The van der Waals surface area contributed by atoms with E-state index in [0.717, 1.165) is 5.56 Å². The van der Waals surface area contributed by atoms with Gasteiger partial charge in [-0.2, -0.15) is 0 Å².